The molecular weight excluding hydrogens is 294 g/mol. The molecule has 4 heteroatoms. The third-order valence-electron chi connectivity index (χ3n) is 4.20. The number of rotatable bonds is 3. The van der Waals surface area contributed by atoms with Gasteiger partial charge in [-0.2, -0.15) is 0 Å². The first-order chi connectivity index (χ1) is 10.5. The first-order valence-electron chi connectivity index (χ1n) is 7.47. The minimum absolute atomic E-state index is 0.151. The summed E-state index contributed by atoms with van der Waals surface area (Å²) in [4.78, 5) is 4.84. The molecule has 0 saturated carbocycles. The molecule has 2 aromatic carbocycles. The largest absolute Gasteiger partial charge is 0.328 e. The molecule has 1 aromatic heterocycles. The highest BCUT2D eigenvalue weighted by molar-refractivity contribution is 6.33. The van der Waals surface area contributed by atoms with Gasteiger partial charge in [0.15, 0.2) is 0 Å². The van der Waals surface area contributed by atoms with Gasteiger partial charge in [-0.3, -0.25) is 0 Å². The van der Waals surface area contributed by atoms with Gasteiger partial charge in [-0.05, 0) is 56.2 Å². The number of imidazole rings is 1. The Balaban J connectivity index is 2.36. The van der Waals surface area contributed by atoms with Crippen molar-refractivity contribution < 1.29 is 0 Å². The summed E-state index contributed by atoms with van der Waals surface area (Å²) >= 11 is 6.38. The van der Waals surface area contributed by atoms with E-state index in [2.05, 4.69) is 37.5 Å². The normalized spacial score (nSPS) is 12.8. The molecule has 3 rings (SSSR count). The lowest BCUT2D eigenvalue weighted by molar-refractivity contribution is 0.578. The second kappa shape index (κ2) is 5.75. The lowest BCUT2D eigenvalue weighted by Gasteiger charge is -2.16. The minimum atomic E-state index is 0.151. The molecule has 2 N–H and O–H groups in total. The second-order valence-electron chi connectivity index (χ2n) is 5.80. The van der Waals surface area contributed by atoms with E-state index in [4.69, 9.17) is 22.3 Å². The maximum Gasteiger partial charge on any atom is 0.142 e. The maximum absolute atomic E-state index is 6.38. The van der Waals surface area contributed by atoms with Gasteiger partial charge >= 0.3 is 0 Å². The number of hydrogen-bond acceptors (Lipinski definition) is 2. The first-order valence-corrected chi connectivity index (χ1v) is 7.85. The number of benzene rings is 2. The predicted octanol–water partition coefficient (Wildman–Crippen LogP) is 4.49. The third-order valence-corrected chi connectivity index (χ3v) is 4.53. The minimum Gasteiger partial charge on any atom is -0.328 e. The number of aryl methyl sites for hydroxylation is 2. The summed E-state index contributed by atoms with van der Waals surface area (Å²) in [5.41, 5.74) is 11.5. The van der Waals surface area contributed by atoms with Crippen molar-refractivity contribution in [3.63, 3.8) is 0 Å². The lowest BCUT2D eigenvalue weighted by atomic mass is 10.1. The Hall–Kier alpha value is -1.84. The molecule has 0 saturated heterocycles. The van der Waals surface area contributed by atoms with E-state index in [0.717, 1.165) is 22.4 Å². The molecule has 0 aliphatic carbocycles. The van der Waals surface area contributed by atoms with Crippen LogP contribution in [0.15, 0.2) is 36.4 Å². The number of fused-ring (bicyclic) bond motifs is 1. The zero-order valence-corrected chi connectivity index (χ0v) is 13.9. The van der Waals surface area contributed by atoms with E-state index < -0.39 is 0 Å². The standard InChI is InChI=1S/C18H20ClN3/c1-11-8-16-17(9-12(11)2)22(13(3)10-20)18(21-16)14-6-4-5-7-15(14)19/h4-9,13H,10,20H2,1-3H3. The zero-order valence-electron chi connectivity index (χ0n) is 13.1. The molecule has 1 atom stereocenters. The molecule has 0 radical (unpaired) electrons. The Labute approximate surface area is 135 Å². The van der Waals surface area contributed by atoms with Crippen LogP contribution >= 0.6 is 11.6 Å². The molecule has 0 spiro atoms. The predicted molar refractivity (Wildman–Crippen MR) is 93.4 cm³/mol. The molecule has 3 aromatic rings. The van der Waals surface area contributed by atoms with Gasteiger partial charge in [-0.25, -0.2) is 4.98 Å². The summed E-state index contributed by atoms with van der Waals surface area (Å²) in [5.74, 6) is 0.878. The van der Waals surface area contributed by atoms with Crippen LogP contribution in [0.25, 0.3) is 22.4 Å². The van der Waals surface area contributed by atoms with Crippen molar-refractivity contribution in [1.29, 1.82) is 0 Å². The molecule has 0 aliphatic heterocycles. The highest BCUT2D eigenvalue weighted by Crippen LogP contribution is 2.33. The Morgan fingerprint density at radius 2 is 1.86 bits per heavy atom. The lowest BCUT2D eigenvalue weighted by Crippen LogP contribution is -2.17. The van der Waals surface area contributed by atoms with E-state index in [1.165, 1.54) is 11.1 Å². The summed E-state index contributed by atoms with van der Waals surface area (Å²) in [6, 6.07) is 12.3. The topological polar surface area (TPSA) is 43.8 Å². The summed E-state index contributed by atoms with van der Waals surface area (Å²) in [6.07, 6.45) is 0. The van der Waals surface area contributed by atoms with Crippen LogP contribution in [0.5, 0.6) is 0 Å². The van der Waals surface area contributed by atoms with Crippen molar-refractivity contribution in [1.82, 2.24) is 9.55 Å². The van der Waals surface area contributed by atoms with Crippen molar-refractivity contribution in [3.05, 3.63) is 52.5 Å². The van der Waals surface area contributed by atoms with Gasteiger partial charge in [0.1, 0.15) is 5.82 Å². The highest BCUT2D eigenvalue weighted by atomic mass is 35.5. The number of hydrogen-bond donors (Lipinski definition) is 1. The first kappa shape index (κ1) is 15.1. The Kier molecular flexibility index (Phi) is 3.94. The molecule has 0 amide bonds. The van der Waals surface area contributed by atoms with E-state index in [1.807, 2.05) is 24.3 Å². The van der Waals surface area contributed by atoms with Gasteiger partial charge in [-0.15, -0.1) is 0 Å². The Morgan fingerprint density at radius 3 is 2.55 bits per heavy atom. The van der Waals surface area contributed by atoms with E-state index >= 15 is 0 Å². The molecule has 1 heterocycles. The number of nitrogens with two attached hydrogens (primary N) is 1. The summed E-state index contributed by atoms with van der Waals surface area (Å²) in [7, 11) is 0. The molecular formula is C18H20ClN3. The molecule has 0 bridgehead atoms. The van der Waals surface area contributed by atoms with E-state index in [0.29, 0.717) is 11.6 Å². The fraction of sp³-hybridized carbons (Fsp3) is 0.278. The van der Waals surface area contributed by atoms with Gasteiger partial charge < -0.3 is 10.3 Å². The van der Waals surface area contributed by atoms with Gasteiger partial charge in [0.25, 0.3) is 0 Å². The SMILES string of the molecule is Cc1cc2nc(-c3ccccc3Cl)n(C(C)CN)c2cc1C. The fourth-order valence-corrected chi connectivity index (χ4v) is 2.95. The van der Waals surface area contributed by atoms with Gasteiger partial charge in [0, 0.05) is 18.2 Å². The molecule has 1 unspecified atom stereocenters. The van der Waals surface area contributed by atoms with Gasteiger partial charge in [-0.1, -0.05) is 23.7 Å². The van der Waals surface area contributed by atoms with Gasteiger partial charge in [0.05, 0.1) is 16.1 Å². The van der Waals surface area contributed by atoms with Crippen LogP contribution in [-0.4, -0.2) is 16.1 Å². The van der Waals surface area contributed by atoms with E-state index in [-0.39, 0.29) is 6.04 Å². The van der Waals surface area contributed by atoms with Gasteiger partial charge in [0.2, 0.25) is 0 Å². The van der Waals surface area contributed by atoms with Crippen LogP contribution < -0.4 is 5.73 Å². The van der Waals surface area contributed by atoms with E-state index in [1.54, 1.807) is 0 Å². The quantitative estimate of drug-likeness (QED) is 0.774. The third kappa shape index (κ3) is 2.40. The molecule has 0 aliphatic rings. The number of aromatic nitrogens is 2. The van der Waals surface area contributed by atoms with Crippen LogP contribution in [-0.2, 0) is 0 Å². The van der Waals surface area contributed by atoms with Crippen LogP contribution in [0, 0.1) is 13.8 Å². The molecule has 22 heavy (non-hydrogen) atoms. The fourth-order valence-electron chi connectivity index (χ4n) is 2.73. The van der Waals surface area contributed by atoms with Crippen molar-refractivity contribution in [3.8, 4) is 11.4 Å². The Morgan fingerprint density at radius 1 is 1.18 bits per heavy atom. The maximum atomic E-state index is 6.38. The monoisotopic (exact) mass is 313 g/mol. The van der Waals surface area contributed by atoms with Crippen LogP contribution in [0.2, 0.25) is 5.02 Å². The van der Waals surface area contributed by atoms with E-state index in [9.17, 15) is 0 Å². The van der Waals surface area contributed by atoms with Crippen molar-refractivity contribution in [2.45, 2.75) is 26.8 Å². The zero-order chi connectivity index (χ0) is 15.9. The average molecular weight is 314 g/mol. The van der Waals surface area contributed by atoms with Crippen molar-refractivity contribution >= 4 is 22.6 Å². The second-order valence-corrected chi connectivity index (χ2v) is 6.20. The van der Waals surface area contributed by atoms with Crippen molar-refractivity contribution in [2.75, 3.05) is 6.54 Å². The number of nitrogens with zero attached hydrogens (tertiary/aromatic N) is 2. The highest BCUT2D eigenvalue weighted by Gasteiger charge is 2.18. The summed E-state index contributed by atoms with van der Waals surface area (Å²) in [5, 5.41) is 0.705. The molecule has 114 valence electrons. The smallest absolute Gasteiger partial charge is 0.142 e. The van der Waals surface area contributed by atoms with Crippen LogP contribution in [0.1, 0.15) is 24.1 Å². The number of halogens is 1. The molecule has 0 fully saturated rings. The summed E-state index contributed by atoms with van der Waals surface area (Å²) < 4.78 is 2.20. The van der Waals surface area contributed by atoms with Crippen molar-refractivity contribution in [2.24, 2.45) is 5.73 Å². The van der Waals surface area contributed by atoms with Crippen LogP contribution in [0.4, 0.5) is 0 Å². The van der Waals surface area contributed by atoms with Crippen LogP contribution in [0.3, 0.4) is 0 Å². The Bertz CT molecular complexity index is 836. The summed E-state index contributed by atoms with van der Waals surface area (Å²) in [6.45, 7) is 6.89. The molecule has 3 nitrogen and oxygen atoms in total. The average Bonchev–Trinajstić information content (AvgIpc) is 2.85.